The second kappa shape index (κ2) is 6.37. The molecule has 9 heteroatoms. The Hall–Kier alpha value is -1.71. The van der Waals surface area contributed by atoms with Crippen molar-refractivity contribution in [3.8, 4) is 5.75 Å². The van der Waals surface area contributed by atoms with Gasteiger partial charge >= 0.3 is 6.61 Å². The highest BCUT2D eigenvalue weighted by atomic mass is 32.2. The van der Waals surface area contributed by atoms with Gasteiger partial charge in [0.1, 0.15) is 9.96 Å². The zero-order chi connectivity index (χ0) is 15.5. The van der Waals surface area contributed by atoms with Gasteiger partial charge in [0.15, 0.2) is 0 Å². The summed E-state index contributed by atoms with van der Waals surface area (Å²) < 4.78 is 54.6. The van der Waals surface area contributed by atoms with Crippen LogP contribution in [0.25, 0.3) is 0 Å². The molecule has 0 saturated heterocycles. The fourth-order valence-electron chi connectivity index (χ4n) is 1.50. The molecule has 0 aliphatic heterocycles. The lowest BCUT2D eigenvalue weighted by molar-refractivity contribution is -0.0498. The van der Waals surface area contributed by atoms with Crippen molar-refractivity contribution in [2.45, 2.75) is 17.4 Å². The highest BCUT2D eigenvalue weighted by molar-refractivity contribution is 7.94. The van der Waals surface area contributed by atoms with E-state index in [0.29, 0.717) is 4.88 Å². The first-order valence-electron chi connectivity index (χ1n) is 5.68. The third kappa shape index (κ3) is 4.13. The molecule has 1 aromatic carbocycles. The maximum Gasteiger partial charge on any atom is 0.387 e. The number of aliphatic hydroxyl groups excluding tert-OH is 1. The Balaban J connectivity index is 2.13. The van der Waals surface area contributed by atoms with Crippen LogP contribution in [-0.2, 0) is 16.6 Å². The van der Waals surface area contributed by atoms with Crippen molar-refractivity contribution in [2.24, 2.45) is 0 Å². The second-order valence-electron chi connectivity index (χ2n) is 3.89. The van der Waals surface area contributed by atoms with E-state index < -0.39 is 16.6 Å². The molecule has 2 aromatic rings. The first-order chi connectivity index (χ1) is 9.90. The first-order valence-corrected chi connectivity index (χ1v) is 7.98. The van der Waals surface area contributed by atoms with Crippen molar-refractivity contribution in [1.82, 2.24) is 0 Å². The van der Waals surface area contributed by atoms with Gasteiger partial charge in [-0.1, -0.05) is 0 Å². The summed E-state index contributed by atoms with van der Waals surface area (Å²) in [5, 5.41) is 8.93. The quantitative estimate of drug-likeness (QED) is 0.851. The lowest BCUT2D eigenvalue weighted by Gasteiger charge is -2.08. The molecule has 0 saturated carbocycles. The molecule has 0 spiro atoms. The normalized spacial score (nSPS) is 11.6. The molecule has 0 aliphatic carbocycles. The van der Waals surface area contributed by atoms with Crippen LogP contribution in [0, 0.1) is 0 Å². The van der Waals surface area contributed by atoms with Gasteiger partial charge in [-0.15, -0.1) is 11.3 Å². The molecule has 114 valence electrons. The highest BCUT2D eigenvalue weighted by Gasteiger charge is 2.17. The topological polar surface area (TPSA) is 75.6 Å². The molecule has 0 bridgehead atoms. The Kier molecular flexibility index (Phi) is 4.76. The van der Waals surface area contributed by atoms with Gasteiger partial charge in [0, 0.05) is 10.6 Å². The summed E-state index contributed by atoms with van der Waals surface area (Å²) in [6, 6.07) is 7.99. The number of benzene rings is 1. The fourth-order valence-corrected chi connectivity index (χ4v) is 3.77. The molecule has 2 N–H and O–H groups in total. The van der Waals surface area contributed by atoms with Crippen LogP contribution in [0.3, 0.4) is 0 Å². The number of hydrogen-bond donors (Lipinski definition) is 2. The molecule has 0 aliphatic rings. The number of rotatable bonds is 6. The van der Waals surface area contributed by atoms with Crippen molar-refractivity contribution in [2.75, 3.05) is 4.72 Å². The van der Waals surface area contributed by atoms with Crippen LogP contribution < -0.4 is 9.46 Å². The molecule has 0 fully saturated rings. The van der Waals surface area contributed by atoms with E-state index in [2.05, 4.69) is 9.46 Å². The zero-order valence-corrected chi connectivity index (χ0v) is 12.1. The molecule has 1 heterocycles. The predicted molar refractivity (Wildman–Crippen MR) is 74.1 cm³/mol. The molecule has 0 unspecified atom stereocenters. The number of anilines is 1. The number of alkyl halides is 2. The Morgan fingerprint density at radius 1 is 1.19 bits per heavy atom. The van der Waals surface area contributed by atoms with Crippen LogP contribution in [-0.4, -0.2) is 20.1 Å². The van der Waals surface area contributed by atoms with Crippen molar-refractivity contribution >= 4 is 27.0 Å². The van der Waals surface area contributed by atoms with E-state index in [1.54, 1.807) is 0 Å². The van der Waals surface area contributed by atoms with Crippen molar-refractivity contribution in [3.05, 3.63) is 41.3 Å². The van der Waals surface area contributed by atoms with Crippen LogP contribution in [0.15, 0.2) is 40.6 Å². The van der Waals surface area contributed by atoms with Gasteiger partial charge in [-0.25, -0.2) is 8.42 Å². The Labute approximate surface area is 123 Å². The van der Waals surface area contributed by atoms with E-state index in [-0.39, 0.29) is 22.3 Å². The van der Waals surface area contributed by atoms with Gasteiger partial charge in [0.2, 0.25) is 0 Å². The summed E-state index contributed by atoms with van der Waals surface area (Å²) in [5.74, 6) is -0.0633. The first kappa shape index (κ1) is 15.7. The van der Waals surface area contributed by atoms with Gasteiger partial charge in [-0.3, -0.25) is 4.72 Å². The largest absolute Gasteiger partial charge is 0.435 e. The third-order valence-corrected chi connectivity index (χ3v) is 5.33. The molecule has 0 radical (unpaired) electrons. The number of sulfonamides is 1. The number of ether oxygens (including phenoxy) is 1. The van der Waals surface area contributed by atoms with Gasteiger partial charge in [-0.2, -0.15) is 8.78 Å². The summed E-state index contributed by atoms with van der Waals surface area (Å²) >= 11 is 0.946. The van der Waals surface area contributed by atoms with Gasteiger partial charge < -0.3 is 9.84 Å². The molecule has 5 nitrogen and oxygen atoms in total. The van der Waals surface area contributed by atoms with E-state index in [0.717, 1.165) is 11.3 Å². The average Bonchev–Trinajstić information content (AvgIpc) is 2.90. The molecule has 21 heavy (non-hydrogen) atoms. The summed E-state index contributed by atoms with van der Waals surface area (Å²) in [6.45, 7) is -3.17. The molecule has 0 amide bonds. The maximum absolute atomic E-state index is 12.1. The second-order valence-corrected chi connectivity index (χ2v) is 6.96. The molecule has 2 rings (SSSR count). The lowest BCUT2D eigenvalue weighted by atomic mass is 10.3. The van der Waals surface area contributed by atoms with Crippen LogP contribution in [0.5, 0.6) is 5.75 Å². The predicted octanol–water partition coefficient (Wildman–Crippen LogP) is 2.64. The van der Waals surface area contributed by atoms with Crippen molar-refractivity contribution in [1.29, 1.82) is 0 Å². The van der Waals surface area contributed by atoms with Crippen molar-refractivity contribution in [3.63, 3.8) is 0 Å². The standard InChI is InChI=1S/C12H11F2NO4S2/c13-12(14)19-9-3-1-8(2-4-9)15-21(17,18)11-6-5-10(7-16)20-11/h1-6,12,15-16H,7H2. The van der Waals surface area contributed by atoms with E-state index in [4.69, 9.17) is 5.11 Å². The van der Waals surface area contributed by atoms with E-state index >= 15 is 0 Å². The van der Waals surface area contributed by atoms with Crippen molar-refractivity contribution < 1.29 is 27.0 Å². The average molecular weight is 335 g/mol. The fraction of sp³-hybridized carbons (Fsp3) is 0.167. The number of hydrogen-bond acceptors (Lipinski definition) is 5. The smallest absolute Gasteiger partial charge is 0.387 e. The zero-order valence-electron chi connectivity index (χ0n) is 10.5. The minimum absolute atomic E-state index is 0.0551. The van der Waals surface area contributed by atoms with Crippen LogP contribution in [0.2, 0.25) is 0 Å². The number of aliphatic hydroxyl groups is 1. The monoisotopic (exact) mass is 335 g/mol. The Bertz CT molecular complexity index is 698. The van der Waals surface area contributed by atoms with Crippen LogP contribution in [0.4, 0.5) is 14.5 Å². The summed E-state index contributed by atoms with van der Waals surface area (Å²) in [4.78, 5) is 0.524. The molecule has 0 atom stereocenters. The van der Waals surface area contributed by atoms with Gasteiger partial charge in [-0.05, 0) is 36.4 Å². The Morgan fingerprint density at radius 3 is 2.38 bits per heavy atom. The van der Waals surface area contributed by atoms with Crippen LogP contribution in [0.1, 0.15) is 4.88 Å². The van der Waals surface area contributed by atoms with E-state index in [1.807, 2.05) is 0 Å². The van der Waals surface area contributed by atoms with Gasteiger partial charge in [0.25, 0.3) is 10.0 Å². The SMILES string of the molecule is O=S(=O)(Nc1ccc(OC(F)F)cc1)c1ccc(CO)s1. The highest BCUT2D eigenvalue weighted by Crippen LogP contribution is 2.25. The third-order valence-electron chi connectivity index (χ3n) is 2.39. The summed E-state index contributed by atoms with van der Waals surface area (Å²) in [5.41, 5.74) is 0.218. The van der Waals surface area contributed by atoms with E-state index in [1.165, 1.54) is 36.4 Å². The molecular weight excluding hydrogens is 324 g/mol. The summed E-state index contributed by atoms with van der Waals surface area (Å²) in [7, 11) is -3.77. The molecule has 1 aromatic heterocycles. The molecular formula is C12H11F2NO4S2. The number of thiophene rings is 1. The number of nitrogens with one attached hydrogen (secondary N) is 1. The summed E-state index contributed by atoms with van der Waals surface area (Å²) in [6.07, 6.45) is 0. The lowest BCUT2D eigenvalue weighted by Crippen LogP contribution is -2.11. The van der Waals surface area contributed by atoms with Crippen LogP contribution >= 0.6 is 11.3 Å². The minimum Gasteiger partial charge on any atom is -0.435 e. The van der Waals surface area contributed by atoms with E-state index in [9.17, 15) is 17.2 Å². The minimum atomic E-state index is -3.77. The number of halogens is 2. The Morgan fingerprint density at radius 2 is 1.86 bits per heavy atom. The van der Waals surface area contributed by atoms with Gasteiger partial charge in [0.05, 0.1) is 6.61 Å². The maximum atomic E-state index is 12.1.